The van der Waals surface area contributed by atoms with E-state index >= 15 is 0 Å². The molecular formula is C14H21FN2O2. The Morgan fingerprint density at radius 1 is 1.47 bits per heavy atom. The van der Waals surface area contributed by atoms with Crippen molar-refractivity contribution in [3.63, 3.8) is 0 Å². The molecule has 0 saturated carbocycles. The fourth-order valence-corrected chi connectivity index (χ4v) is 1.56. The van der Waals surface area contributed by atoms with Gasteiger partial charge in [-0.1, -0.05) is 6.07 Å². The van der Waals surface area contributed by atoms with E-state index in [-0.39, 0.29) is 11.7 Å². The molecule has 0 bridgehead atoms. The average molecular weight is 268 g/mol. The summed E-state index contributed by atoms with van der Waals surface area (Å²) in [4.78, 5) is 13.6. The van der Waals surface area contributed by atoms with Crippen molar-refractivity contribution < 1.29 is 13.9 Å². The second-order valence-corrected chi connectivity index (χ2v) is 5.12. The van der Waals surface area contributed by atoms with Crippen LogP contribution in [0.15, 0.2) is 24.3 Å². The molecule has 0 atom stereocenters. The number of hydrogen-bond donors (Lipinski definition) is 1. The van der Waals surface area contributed by atoms with Gasteiger partial charge in [-0.3, -0.25) is 4.79 Å². The lowest BCUT2D eigenvalue weighted by Gasteiger charge is -2.28. The zero-order valence-electron chi connectivity index (χ0n) is 11.6. The van der Waals surface area contributed by atoms with Crippen molar-refractivity contribution in [3.05, 3.63) is 30.1 Å². The first-order valence-corrected chi connectivity index (χ1v) is 6.21. The minimum atomic E-state index is -0.576. The Bertz CT molecular complexity index is 435. The van der Waals surface area contributed by atoms with Gasteiger partial charge >= 0.3 is 0 Å². The summed E-state index contributed by atoms with van der Waals surface area (Å²) in [6.07, 6.45) is 0. The molecule has 1 amide bonds. The van der Waals surface area contributed by atoms with Crippen molar-refractivity contribution in [1.82, 2.24) is 4.90 Å². The number of halogens is 1. The summed E-state index contributed by atoms with van der Waals surface area (Å²) < 4.78 is 18.3. The van der Waals surface area contributed by atoms with E-state index in [4.69, 9.17) is 10.5 Å². The van der Waals surface area contributed by atoms with Crippen molar-refractivity contribution in [1.29, 1.82) is 0 Å². The molecule has 0 unspecified atom stereocenters. The predicted molar refractivity (Wildman–Crippen MR) is 72.4 cm³/mol. The second kappa shape index (κ2) is 6.52. The molecule has 1 aromatic rings. The number of rotatable bonds is 6. The third-order valence-corrected chi connectivity index (χ3v) is 2.93. The van der Waals surface area contributed by atoms with Gasteiger partial charge in [-0.05, 0) is 26.0 Å². The van der Waals surface area contributed by atoms with Gasteiger partial charge in [0, 0.05) is 19.7 Å². The van der Waals surface area contributed by atoms with Crippen LogP contribution in [-0.4, -0.2) is 37.6 Å². The number of nitrogens with two attached hydrogens (primary N) is 1. The van der Waals surface area contributed by atoms with Crippen LogP contribution in [0.25, 0.3) is 0 Å². The van der Waals surface area contributed by atoms with Crippen LogP contribution in [0.2, 0.25) is 0 Å². The lowest BCUT2D eigenvalue weighted by molar-refractivity contribution is -0.138. The molecule has 0 aromatic heterocycles. The van der Waals surface area contributed by atoms with E-state index in [1.165, 1.54) is 12.1 Å². The number of likely N-dealkylation sites (N-methyl/N-ethyl adjacent to an activating group) is 1. The first-order chi connectivity index (χ1) is 8.86. The molecule has 0 fully saturated rings. The molecule has 0 aliphatic heterocycles. The van der Waals surface area contributed by atoms with E-state index in [2.05, 4.69) is 0 Å². The second-order valence-electron chi connectivity index (χ2n) is 5.12. The number of benzene rings is 1. The monoisotopic (exact) mass is 268 g/mol. The van der Waals surface area contributed by atoms with Crippen molar-refractivity contribution >= 4 is 5.91 Å². The minimum absolute atomic E-state index is 0.0298. The summed E-state index contributed by atoms with van der Waals surface area (Å²) >= 11 is 0. The van der Waals surface area contributed by atoms with E-state index in [0.717, 1.165) is 0 Å². The van der Waals surface area contributed by atoms with Crippen LogP contribution in [0, 0.1) is 11.2 Å². The number of carbonyl (C=O) groups is 1. The zero-order chi connectivity index (χ0) is 14.5. The van der Waals surface area contributed by atoms with Crippen LogP contribution in [0.3, 0.4) is 0 Å². The van der Waals surface area contributed by atoms with Gasteiger partial charge in [0.15, 0.2) is 0 Å². The highest BCUT2D eigenvalue weighted by Crippen LogP contribution is 2.16. The molecule has 1 aromatic carbocycles. The first kappa shape index (κ1) is 15.4. The molecule has 2 N–H and O–H groups in total. The number of ether oxygens (including phenoxy) is 1. The Balaban J connectivity index is 2.43. The van der Waals surface area contributed by atoms with Crippen molar-refractivity contribution in [2.24, 2.45) is 11.1 Å². The van der Waals surface area contributed by atoms with Crippen molar-refractivity contribution in [3.8, 4) is 5.75 Å². The van der Waals surface area contributed by atoms with Gasteiger partial charge in [0.2, 0.25) is 5.91 Å². The molecule has 19 heavy (non-hydrogen) atoms. The van der Waals surface area contributed by atoms with Gasteiger partial charge in [-0.15, -0.1) is 0 Å². The highest BCUT2D eigenvalue weighted by molar-refractivity contribution is 5.81. The van der Waals surface area contributed by atoms with Crippen LogP contribution in [0.5, 0.6) is 5.75 Å². The Kier molecular flexibility index (Phi) is 5.30. The van der Waals surface area contributed by atoms with Crippen molar-refractivity contribution in [2.75, 3.05) is 26.7 Å². The highest BCUT2D eigenvalue weighted by Gasteiger charge is 2.28. The van der Waals surface area contributed by atoms with E-state index in [9.17, 15) is 9.18 Å². The topological polar surface area (TPSA) is 55.6 Å². The number of nitrogens with zero attached hydrogens (tertiary/aromatic N) is 1. The van der Waals surface area contributed by atoms with Crippen LogP contribution >= 0.6 is 0 Å². The van der Waals surface area contributed by atoms with E-state index in [0.29, 0.717) is 25.4 Å². The van der Waals surface area contributed by atoms with Crippen LogP contribution < -0.4 is 10.5 Å². The van der Waals surface area contributed by atoms with Crippen LogP contribution in [0.4, 0.5) is 4.39 Å². The number of hydrogen-bond acceptors (Lipinski definition) is 3. The third-order valence-electron chi connectivity index (χ3n) is 2.93. The molecule has 0 heterocycles. The normalized spacial score (nSPS) is 11.2. The average Bonchev–Trinajstić information content (AvgIpc) is 2.37. The fourth-order valence-electron chi connectivity index (χ4n) is 1.56. The summed E-state index contributed by atoms with van der Waals surface area (Å²) in [7, 11) is 1.70. The number of carbonyl (C=O) groups excluding carboxylic acids is 1. The standard InChI is InChI=1S/C14H21FN2O2/c1-14(2,10-16)13(18)17(3)7-8-19-12-6-4-5-11(15)9-12/h4-6,9H,7-8,10,16H2,1-3H3. The van der Waals surface area contributed by atoms with E-state index < -0.39 is 5.41 Å². The van der Waals surface area contributed by atoms with Gasteiger partial charge in [0.1, 0.15) is 18.2 Å². The van der Waals surface area contributed by atoms with Gasteiger partial charge < -0.3 is 15.4 Å². The van der Waals surface area contributed by atoms with E-state index in [1.54, 1.807) is 37.9 Å². The quantitative estimate of drug-likeness (QED) is 0.853. The Hall–Kier alpha value is -1.62. The molecule has 0 saturated heterocycles. The summed E-state index contributed by atoms with van der Waals surface area (Å²) in [6, 6.07) is 5.92. The molecule has 106 valence electrons. The molecule has 0 spiro atoms. The maximum Gasteiger partial charge on any atom is 0.229 e. The highest BCUT2D eigenvalue weighted by atomic mass is 19.1. The first-order valence-electron chi connectivity index (χ1n) is 6.21. The van der Waals surface area contributed by atoms with Crippen molar-refractivity contribution in [2.45, 2.75) is 13.8 Å². The van der Waals surface area contributed by atoms with Gasteiger partial charge in [0.25, 0.3) is 0 Å². The molecule has 0 aliphatic rings. The molecule has 1 rings (SSSR count). The van der Waals surface area contributed by atoms with E-state index in [1.807, 2.05) is 0 Å². The largest absolute Gasteiger partial charge is 0.492 e. The smallest absolute Gasteiger partial charge is 0.229 e. The SMILES string of the molecule is CN(CCOc1cccc(F)c1)C(=O)C(C)(C)CN. The Labute approximate surface area is 113 Å². The summed E-state index contributed by atoms with van der Waals surface area (Å²) in [5.41, 5.74) is 4.99. The molecule has 5 heteroatoms. The van der Waals surface area contributed by atoms with Crippen LogP contribution in [0.1, 0.15) is 13.8 Å². The fraction of sp³-hybridized carbons (Fsp3) is 0.500. The predicted octanol–water partition coefficient (Wildman–Crippen LogP) is 1.65. The number of amides is 1. The maximum atomic E-state index is 12.9. The van der Waals surface area contributed by atoms with Crippen LogP contribution in [-0.2, 0) is 4.79 Å². The summed E-state index contributed by atoms with van der Waals surface area (Å²) in [5, 5.41) is 0. The summed E-state index contributed by atoms with van der Waals surface area (Å²) in [5.74, 6) is 0.0861. The van der Waals surface area contributed by atoms with Gasteiger partial charge in [-0.2, -0.15) is 0 Å². The molecular weight excluding hydrogens is 247 g/mol. The Morgan fingerprint density at radius 2 is 2.16 bits per heavy atom. The lowest BCUT2D eigenvalue weighted by Crippen LogP contribution is -2.44. The molecule has 0 aliphatic carbocycles. The maximum absolute atomic E-state index is 12.9. The van der Waals surface area contributed by atoms with Gasteiger partial charge in [0.05, 0.1) is 12.0 Å². The molecule has 0 radical (unpaired) electrons. The van der Waals surface area contributed by atoms with Gasteiger partial charge in [-0.25, -0.2) is 4.39 Å². The third kappa shape index (κ3) is 4.52. The minimum Gasteiger partial charge on any atom is -0.492 e. The Morgan fingerprint density at radius 3 is 2.74 bits per heavy atom. The molecule has 4 nitrogen and oxygen atoms in total. The lowest BCUT2D eigenvalue weighted by atomic mass is 9.92. The summed E-state index contributed by atoms with van der Waals surface area (Å²) in [6.45, 7) is 4.64. The zero-order valence-corrected chi connectivity index (χ0v) is 11.6.